The Hall–Kier alpha value is -3.41. The molecule has 0 aliphatic heterocycles. The van der Waals surface area contributed by atoms with Crippen LogP contribution in [0.5, 0.6) is 0 Å². The first kappa shape index (κ1) is 23.9. The molecule has 0 saturated carbocycles. The Kier molecular flexibility index (Phi) is 7.75. The molecule has 0 radical (unpaired) electrons. The van der Waals surface area contributed by atoms with Crippen molar-refractivity contribution in [1.82, 2.24) is 15.3 Å². The summed E-state index contributed by atoms with van der Waals surface area (Å²) in [6.07, 6.45) is 6.76. The van der Waals surface area contributed by atoms with Crippen LogP contribution in [0.15, 0.2) is 59.5 Å². The number of hydrogen-bond donors (Lipinski definition) is 1. The summed E-state index contributed by atoms with van der Waals surface area (Å²) in [7, 11) is 1.56. The first-order chi connectivity index (χ1) is 14.6. The number of carbonyl (C=O) groups excluding carboxylic acids is 2. The number of amides is 1. The van der Waals surface area contributed by atoms with E-state index in [0.29, 0.717) is 11.1 Å². The highest BCUT2D eigenvalue weighted by Crippen LogP contribution is 2.32. The highest BCUT2D eigenvalue weighted by molar-refractivity contribution is 5.97. The Labute approximate surface area is 184 Å². The van der Waals surface area contributed by atoms with Gasteiger partial charge < -0.3 is 5.32 Å². The zero-order chi connectivity index (χ0) is 23.2. The van der Waals surface area contributed by atoms with E-state index in [0.717, 1.165) is 28.1 Å². The Morgan fingerprint density at radius 3 is 2.39 bits per heavy atom. The van der Waals surface area contributed by atoms with Gasteiger partial charge in [-0.1, -0.05) is 24.8 Å². The normalized spacial score (nSPS) is 12.1. The molecular formula is C25H30N4O2. The molecule has 31 heavy (non-hydrogen) atoms. The smallest absolute Gasteiger partial charge is 0.248 e. The van der Waals surface area contributed by atoms with Crippen LogP contribution in [0.4, 0.5) is 0 Å². The standard InChI is InChI=1S/C25H30N4O2/c1-16(12-27-13-18(3)24(31)26-7)10-23(30)25(5,6)22-9-8-20(11-17(22)2)21-14-28-19(4)29-15-21/h8-9,11-15H,1,10H2,2-7H3,(H,26,31)/b18-13+,27-12?. The fraction of sp³-hybridized carbons (Fsp3) is 0.320. The van der Waals surface area contributed by atoms with Crippen molar-refractivity contribution in [1.29, 1.82) is 0 Å². The average molecular weight is 419 g/mol. The molecule has 2 rings (SSSR count). The molecule has 1 amide bonds. The van der Waals surface area contributed by atoms with Crippen LogP contribution in [0.1, 0.15) is 44.1 Å². The summed E-state index contributed by atoms with van der Waals surface area (Å²) in [5.41, 5.74) is 4.33. The molecule has 1 N–H and O–H groups in total. The molecule has 0 atom stereocenters. The summed E-state index contributed by atoms with van der Waals surface area (Å²) in [5.74, 6) is 0.577. The molecule has 1 aromatic heterocycles. The maximum Gasteiger partial charge on any atom is 0.248 e. The topological polar surface area (TPSA) is 84.3 Å². The first-order valence-corrected chi connectivity index (χ1v) is 10.1. The third-order valence-corrected chi connectivity index (χ3v) is 5.21. The second-order valence-electron chi connectivity index (χ2n) is 8.10. The summed E-state index contributed by atoms with van der Waals surface area (Å²) in [5, 5.41) is 2.53. The zero-order valence-corrected chi connectivity index (χ0v) is 19.1. The van der Waals surface area contributed by atoms with Gasteiger partial charge >= 0.3 is 0 Å². The van der Waals surface area contributed by atoms with E-state index in [1.807, 2.05) is 39.8 Å². The first-order valence-electron chi connectivity index (χ1n) is 10.1. The van der Waals surface area contributed by atoms with Crippen LogP contribution in [0.3, 0.4) is 0 Å². The number of aromatic nitrogens is 2. The van der Waals surface area contributed by atoms with Crippen LogP contribution < -0.4 is 5.32 Å². The largest absolute Gasteiger partial charge is 0.355 e. The number of allylic oxidation sites excluding steroid dienone is 1. The minimum absolute atomic E-state index is 0.0467. The molecule has 0 saturated heterocycles. The average Bonchev–Trinajstić information content (AvgIpc) is 2.73. The van der Waals surface area contributed by atoms with Crippen molar-refractivity contribution in [3.8, 4) is 11.1 Å². The third kappa shape index (κ3) is 6.04. The number of carbonyl (C=O) groups is 2. The number of hydrogen-bond acceptors (Lipinski definition) is 5. The van der Waals surface area contributed by atoms with Gasteiger partial charge in [0.1, 0.15) is 11.6 Å². The number of benzene rings is 1. The number of likely N-dealkylation sites (N-methyl/N-ethyl adjacent to an activating group) is 1. The van der Waals surface area contributed by atoms with E-state index in [1.165, 1.54) is 12.4 Å². The number of Topliss-reactive ketones (excluding diaryl/α,β-unsaturated/α-hetero) is 1. The molecule has 0 bridgehead atoms. The Morgan fingerprint density at radius 2 is 1.81 bits per heavy atom. The lowest BCUT2D eigenvalue weighted by atomic mass is 9.76. The van der Waals surface area contributed by atoms with Crippen molar-refractivity contribution in [2.24, 2.45) is 4.99 Å². The minimum Gasteiger partial charge on any atom is -0.355 e. The van der Waals surface area contributed by atoms with Crippen LogP contribution in [-0.2, 0) is 15.0 Å². The van der Waals surface area contributed by atoms with Gasteiger partial charge in [0.25, 0.3) is 0 Å². The Bertz CT molecular complexity index is 1050. The molecule has 0 fully saturated rings. The summed E-state index contributed by atoms with van der Waals surface area (Å²) < 4.78 is 0. The number of aliphatic imine (C=N–C) groups is 1. The summed E-state index contributed by atoms with van der Waals surface area (Å²) >= 11 is 0. The molecule has 0 unspecified atom stereocenters. The van der Waals surface area contributed by atoms with E-state index in [1.54, 1.807) is 26.4 Å². The van der Waals surface area contributed by atoms with Crippen molar-refractivity contribution in [2.75, 3.05) is 7.05 Å². The molecule has 0 spiro atoms. The summed E-state index contributed by atoms with van der Waals surface area (Å²) in [6.45, 7) is 13.3. The molecule has 6 nitrogen and oxygen atoms in total. The van der Waals surface area contributed by atoms with E-state index >= 15 is 0 Å². The lowest BCUT2D eigenvalue weighted by Crippen LogP contribution is -2.30. The van der Waals surface area contributed by atoms with Crippen LogP contribution in [0.2, 0.25) is 0 Å². The van der Waals surface area contributed by atoms with Gasteiger partial charge in [-0.3, -0.25) is 14.6 Å². The molecule has 0 aliphatic carbocycles. The van der Waals surface area contributed by atoms with Crippen LogP contribution in [0.25, 0.3) is 11.1 Å². The van der Waals surface area contributed by atoms with Crippen LogP contribution in [0, 0.1) is 13.8 Å². The van der Waals surface area contributed by atoms with Crippen molar-refractivity contribution < 1.29 is 9.59 Å². The molecule has 162 valence electrons. The predicted molar refractivity (Wildman–Crippen MR) is 125 cm³/mol. The number of rotatable bonds is 8. The predicted octanol–water partition coefficient (Wildman–Crippen LogP) is 4.27. The van der Waals surface area contributed by atoms with Crippen molar-refractivity contribution in [3.05, 3.63) is 71.5 Å². The van der Waals surface area contributed by atoms with E-state index in [-0.39, 0.29) is 18.1 Å². The van der Waals surface area contributed by atoms with E-state index in [9.17, 15) is 9.59 Å². The Morgan fingerprint density at radius 1 is 1.16 bits per heavy atom. The van der Waals surface area contributed by atoms with Gasteiger partial charge in [-0.05, 0) is 56.9 Å². The summed E-state index contributed by atoms with van der Waals surface area (Å²) in [4.78, 5) is 37.1. The molecule has 2 aromatic rings. The number of ketones is 1. The van der Waals surface area contributed by atoms with Gasteiger partial charge in [0.15, 0.2) is 0 Å². The van der Waals surface area contributed by atoms with E-state index in [4.69, 9.17) is 0 Å². The quantitative estimate of drug-likeness (QED) is 0.512. The highest BCUT2D eigenvalue weighted by atomic mass is 16.1. The zero-order valence-electron chi connectivity index (χ0n) is 19.1. The van der Waals surface area contributed by atoms with Gasteiger partial charge in [-0.2, -0.15) is 0 Å². The van der Waals surface area contributed by atoms with Crippen molar-refractivity contribution in [3.63, 3.8) is 0 Å². The SMILES string of the molecule is C=C(C=N/C=C(\C)C(=O)NC)CC(=O)C(C)(C)c1ccc(-c2cnc(C)nc2)cc1C. The second kappa shape index (κ2) is 10.1. The monoisotopic (exact) mass is 418 g/mol. The van der Waals surface area contributed by atoms with Gasteiger partial charge in [0, 0.05) is 54.8 Å². The number of nitrogens with one attached hydrogen (secondary N) is 1. The fourth-order valence-electron chi connectivity index (χ4n) is 3.22. The second-order valence-corrected chi connectivity index (χ2v) is 8.10. The molecular weight excluding hydrogens is 388 g/mol. The van der Waals surface area contributed by atoms with Crippen molar-refractivity contribution in [2.45, 2.75) is 46.5 Å². The maximum absolute atomic E-state index is 13.0. The lowest BCUT2D eigenvalue weighted by Gasteiger charge is -2.26. The highest BCUT2D eigenvalue weighted by Gasteiger charge is 2.31. The van der Waals surface area contributed by atoms with Gasteiger partial charge in [0.2, 0.25) is 5.91 Å². The van der Waals surface area contributed by atoms with Gasteiger partial charge in [-0.25, -0.2) is 9.97 Å². The minimum atomic E-state index is -0.684. The van der Waals surface area contributed by atoms with E-state index in [2.05, 4.69) is 32.9 Å². The maximum atomic E-state index is 13.0. The molecule has 1 heterocycles. The molecule has 1 aromatic carbocycles. The van der Waals surface area contributed by atoms with E-state index < -0.39 is 5.41 Å². The van der Waals surface area contributed by atoms with Crippen molar-refractivity contribution >= 4 is 17.9 Å². The molecule has 6 heteroatoms. The number of nitrogens with zero attached hydrogens (tertiary/aromatic N) is 3. The van der Waals surface area contributed by atoms with Gasteiger partial charge in [0.05, 0.1) is 0 Å². The summed E-state index contributed by atoms with van der Waals surface area (Å²) in [6, 6.07) is 6.05. The van der Waals surface area contributed by atoms with Gasteiger partial charge in [-0.15, -0.1) is 0 Å². The van der Waals surface area contributed by atoms with Crippen LogP contribution in [-0.4, -0.2) is 34.9 Å². The Balaban J connectivity index is 2.15. The molecule has 0 aliphatic rings. The number of aryl methyl sites for hydroxylation is 2. The third-order valence-electron chi connectivity index (χ3n) is 5.21. The fourth-order valence-corrected chi connectivity index (χ4v) is 3.22. The van der Waals surface area contributed by atoms with Crippen LogP contribution >= 0.6 is 0 Å². The lowest BCUT2D eigenvalue weighted by molar-refractivity contribution is -0.122.